The Labute approximate surface area is 190 Å². The van der Waals surface area contributed by atoms with Crippen molar-refractivity contribution in [2.75, 3.05) is 5.32 Å². The van der Waals surface area contributed by atoms with Crippen LogP contribution in [0.25, 0.3) is 0 Å². The van der Waals surface area contributed by atoms with E-state index in [9.17, 15) is 24.2 Å². The van der Waals surface area contributed by atoms with Crippen LogP contribution in [0.3, 0.4) is 0 Å². The number of carbonyl (C=O) groups excluding carboxylic acids is 2. The molecular formula is C23H27ClFN3O4. The zero-order chi connectivity index (χ0) is 23.0. The standard InChI is InChI=1S/C23H27ClFN3O4/c1-12-19(22(31)26-13-8-9-15(25)14(24)11-13)17-6-2-3-10-28(17)20(12)21(30)23(32)27-16-5-4-7-18(16)29/h8-9,11,16,18,23,27,29,32H,2-7,10H2,1H3,(H,26,31)/t16-,18+,23?/m0/s1. The highest BCUT2D eigenvalue weighted by Crippen LogP contribution is 2.30. The van der Waals surface area contributed by atoms with Crippen molar-refractivity contribution in [3.8, 4) is 0 Å². The van der Waals surface area contributed by atoms with E-state index in [1.54, 1.807) is 6.92 Å². The monoisotopic (exact) mass is 463 g/mol. The zero-order valence-electron chi connectivity index (χ0n) is 17.8. The second kappa shape index (κ2) is 9.31. The molecule has 4 rings (SSSR count). The Hall–Kier alpha value is -2.26. The molecule has 0 saturated heterocycles. The van der Waals surface area contributed by atoms with Crippen LogP contribution < -0.4 is 10.6 Å². The van der Waals surface area contributed by atoms with Crippen LogP contribution in [0.15, 0.2) is 18.2 Å². The molecule has 2 aromatic rings. The predicted octanol–water partition coefficient (Wildman–Crippen LogP) is 3.18. The summed E-state index contributed by atoms with van der Waals surface area (Å²) in [4.78, 5) is 26.3. The van der Waals surface area contributed by atoms with Crippen molar-refractivity contribution in [3.05, 3.63) is 51.6 Å². The quantitative estimate of drug-likeness (QED) is 0.389. The number of amides is 1. The summed E-state index contributed by atoms with van der Waals surface area (Å²) in [5, 5.41) is 26.1. The molecule has 32 heavy (non-hydrogen) atoms. The Morgan fingerprint density at radius 1 is 1.25 bits per heavy atom. The highest BCUT2D eigenvalue weighted by Gasteiger charge is 2.34. The molecule has 1 aliphatic carbocycles. The molecule has 1 fully saturated rings. The van der Waals surface area contributed by atoms with E-state index in [2.05, 4.69) is 10.6 Å². The molecular weight excluding hydrogens is 437 g/mol. The third-order valence-corrected chi connectivity index (χ3v) is 6.69. The summed E-state index contributed by atoms with van der Waals surface area (Å²) in [6.07, 6.45) is 2.46. The lowest BCUT2D eigenvalue weighted by molar-refractivity contribution is 0.0536. The summed E-state index contributed by atoms with van der Waals surface area (Å²) < 4.78 is 15.3. The number of aliphatic hydroxyl groups excluding tert-OH is 2. The van der Waals surface area contributed by atoms with Crippen LogP contribution in [0.1, 0.15) is 64.2 Å². The Bertz CT molecular complexity index is 1050. The smallest absolute Gasteiger partial charge is 0.257 e. The van der Waals surface area contributed by atoms with Crippen molar-refractivity contribution in [2.24, 2.45) is 0 Å². The number of fused-ring (bicyclic) bond motifs is 1. The van der Waals surface area contributed by atoms with Gasteiger partial charge in [0.2, 0.25) is 5.78 Å². The molecule has 4 N–H and O–H groups in total. The Morgan fingerprint density at radius 3 is 2.72 bits per heavy atom. The maximum Gasteiger partial charge on any atom is 0.257 e. The number of nitrogens with one attached hydrogen (secondary N) is 2. The van der Waals surface area contributed by atoms with E-state index < -0.39 is 29.8 Å². The molecule has 3 atom stereocenters. The first kappa shape index (κ1) is 22.9. The van der Waals surface area contributed by atoms with Gasteiger partial charge in [-0.05, 0) is 69.2 Å². The second-order valence-corrected chi connectivity index (χ2v) is 8.93. The number of Topliss-reactive ketones (excluding diaryl/α,β-unsaturated/α-hetero) is 1. The first-order chi connectivity index (χ1) is 15.3. The number of anilines is 1. The van der Waals surface area contributed by atoms with Gasteiger partial charge in [0.25, 0.3) is 5.91 Å². The number of hydrogen-bond donors (Lipinski definition) is 4. The largest absolute Gasteiger partial charge is 0.392 e. The zero-order valence-corrected chi connectivity index (χ0v) is 18.6. The van der Waals surface area contributed by atoms with Crippen LogP contribution in [-0.4, -0.2) is 44.8 Å². The van der Waals surface area contributed by atoms with Crippen molar-refractivity contribution >= 4 is 29.0 Å². The molecule has 172 valence electrons. The number of hydrogen-bond acceptors (Lipinski definition) is 5. The highest BCUT2D eigenvalue weighted by molar-refractivity contribution is 6.31. The van der Waals surface area contributed by atoms with Gasteiger partial charge in [-0.1, -0.05) is 11.6 Å². The van der Waals surface area contributed by atoms with E-state index in [-0.39, 0.29) is 11.1 Å². The average Bonchev–Trinajstić information content (AvgIpc) is 3.29. The maximum absolute atomic E-state index is 13.5. The van der Waals surface area contributed by atoms with Crippen LogP contribution in [0.5, 0.6) is 0 Å². The van der Waals surface area contributed by atoms with E-state index in [1.807, 2.05) is 4.57 Å². The number of aromatic nitrogens is 1. The minimum absolute atomic E-state index is 0.0994. The van der Waals surface area contributed by atoms with Crippen molar-refractivity contribution in [2.45, 2.75) is 70.4 Å². The molecule has 1 aromatic heterocycles. The normalized spacial score (nSPS) is 21.3. The molecule has 0 spiro atoms. The first-order valence-electron chi connectivity index (χ1n) is 10.9. The van der Waals surface area contributed by atoms with Gasteiger partial charge in [-0.25, -0.2) is 4.39 Å². The third kappa shape index (κ3) is 4.32. The molecule has 0 bridgehead atoms. The number of aliphatic hydroxyl groups is 2. The number of nitrogens with zero attached hydrogens (tertiary/aromatic N) is 1. The maximum atomic E-state index is 13.5. The molecule has 2 heterocycles. The van der Waals surface area contributed by atoms with Crippen LogP contribution in [0, 0.1) is 12.7 Å². The van der Waals surface area contributed by atoms with Gasteiger partial charge in [-0.15, -0.1) is 0 Å². The molecule has 1 unspecified atom stereocenters. The molecule has 7 nitrogen and oxygen atoms in total. The summed E-state index contributed by atoms with van der Waals surface area (Å²) in [5.41, 5.74) is 2.28. The van der Waals surface area contributed by atoms with Crippen molar-refractivity contribution < 1.29 is 24.2 Å². The molecule has 1 saturated carbocycles. The third-order valence-electron chi connectivity index (χ3n) is 6.40. The number of ketones is 1. The van der Waals surface area contributed by atoms with Crippen LogP contribution in [0.2, 0.25) is 5.02 Å². The summed E-state index contributed by atoms with van der Waals surface area (Å²) in [6.45, 7) is 2.27. The van der Waals surface area contributed by atoms with E-state index >= 15 is 0 Å². The average molecular weight is 464 g/mol. The van der Waals surface area contributed by atoms with Gasteiger partial charge in [-0.3, -0.25) is 14.9 Å². The van der Waals surface area contributed by atoms with E-state index in [0.29, 0.717) is 48.3 Å². The van der Waals surface area contributed by atoms with Crippen LogP contribution in [-0.2, 0) is 13.0 Å². The summed E-state index contributed by atoms with van der Waals surface area (Å²) in [7, 11) is 0. The van der Waals surface area contributed by atoms with Gasteiger partial charge in [0, 0.05) is 24.0 Å². The fraction of sp³-hybridized carbons (Fsp3) is 0.478. The van der Waals surface area contributed by atoms with Gasteiger partial charge < -0.3 is 20.1 Å². The number of rotatable bonds is 6. The predicted molar refractivity (Wildman–Crippen MR) is 119 cm³/mol. The summed E-state index contributed by atoms with van der Waals surface area (Å²) >= 11 is 5.82. The molecule has 9 heteroatoms. The summed E-state index contributed by atoms with van der Waals surface area (Å²) in [5.74, 6) is -1.51. The van der Waals surface area contributed by atoms with Crippen molar-refractivity contribution in [1.82, 2.24) is 9.88 Å². The van der Waals surface area contributed by atoms with Gasteiger partial charge >= 0.3 is 0 Å². The van der Waals surface area contributed by atoms with Gasteiger partial charge in [0.1, 0.15) is 5.82 Å². The molecule has 1 amide bonds. The first-order valence-corrected chi connectivity index (χ1v) is 11.3. The van der Waals surface area contributed by atoms with Crippen LogP contribution in [0.4, 0.5) is 10.1 Å². The Kier molecular flexibility index (Phi) is 6.67. The van der Waals surface area contributed by atoms with Crippen LogP contribution >= 0.6 is 11.6 Å². The SMILES string of the molecule is Cc1c(C(=O)Nc2ccc(F)c(Cl)c2)c2n(c1C(=O)C(O)N[C@H]1CCC[C@H]1O)CCCC2. The lowest BCUT2D eigenvalue weighted by atomic mass is 10.0. The van der Waals surface area contributed by atoms with Crippen molar-refractivity contribution in [3.63, 3.8) is 0 Å². The van der Waals surface area contributed by atoms with Crippen molar-refractivity contribution in [1.29, 1.82) is 0 Å². The summed E-state index contributed by atoms with van der Waals surface area (Å²) in [6, 6.07) is 3.59. The fourth-order valence-corrected chi connectivity index (χ4v) is 4.99. The van der Waals surface area contributed by atoms with Gasteiger partial charge in [0.15, 0.2) is 6.23 Å². The van der Waals surface area contributed by atoms with E-state index in [4.69, 9.17) is 11.6 Å². The highest BCUT2D eigenvalue weighted by atomic mass is 35.5. The topological polar surface area (TPSA) is 104 Å². The lowest BCUT2D eigenvalue weighted by Gasteiger charge is -2.22. The molecule has 1 aliphatic heterocycles. The van der Waals surface area contributed by atoms with E-state index in [1.165, 1.54) is 18.2 Å². The molecule has 0 radical (unpaired) electrons. The van der Waals surface area contributed by atoms with Gasteiger partial charge in [-0.2, -0.15) is 0 Å². The second-order valence-electron chi connectivity index (χ2n) is 8.53. The van der Waals surface area contributed by atoms with Gasteiger partial charge in [0.05, 0.1) is 22.4 Å². The Morgan fingerprint density at radius 2 is 2.03 bits per heavy atom. The minimum atomic E-state index is -1.47. The number of carbonyl (C=O) groups is 2. The Balaban J connectivity index is 1.63. The molecule has 1 aromatic carbocycles. The number of benzene rings is 1. The number of halogens is 2. The fourth-order valence-electron chi connectivity index (χ4n) is 4.81. The minimum Gasteiger partial charge on any atom is -0.392 e. The lowest BCUT2D eigenvalue weighted by Crippen LogP contribution is -2.47. The molecule has 2 aliphatic rings. The van der Waals surface area contributed by atoms with E-state index in [0.717, 1.165) is 25.0 Å².